The summed E-state index contributed by atoms with van der Waals surface area (Å²) >= 11 is 3.43. The molecule has 0 saturated heterocycles. The molecule has 2 aromatic carbocycles. The van der Waals surface area contributed by atoms with Crippen molar-refractivity contribution in [3.63, 3.8) is 0 Å². The molecule has 6 nitrogen and oxygen atoms in total. The highest BCUT2D eigenvalue weighted by atomic mass is 79.9. The summed E-state index contributed by atoms with van der Waals surface area (Å²) in [6, 6.07) is 15.6. The van der Waals surface area contributed by atoms with Gasteiger partial charge in [-0.3, -0.25) is 14.2 Å². The van der Waals surface area contributed by atoms with Gasteiger partial charge in [0.05, 0.1) is 24.7 Å². The molecule has 0 aliphatic carbocycles. The van der Waals surface area contributed by atoms with Gasteiger partial charge in [0.15, 0.2) is 0 Å². The first kappa shape index (κ1) is 16.8. The molecule has 1 aromatic heterocycles. The highest BCUT2D eigenvalue weighted by Gasteiger charge is 2.40. The van der Waals surface area contributed by atoms with E-state index < -0.39 is 12.0 Å². The van der Waals surface area contributed by atoms with Crippen molar-refractivity contribution in [2.75, 3.05) is 7.11 Å². The molecule has 0 radical (unpaired) electrons. The second kappa shape index (κ2) is 6.59. The molecule has 2 heterocycles. The second-order valence-electron chi connectivity index (χ2n) is 5.91. The number of halogens is 1. The molecule has 3 aromatic rings. The summed E-state index contributed by atoms with van der Waals surface area (Å²) < 4.78 is 7.81. The fourth-order valence-electron chi connectivity index (χ4n) is 3.22. The molecule has 7 heteroatoms. The number of rotatable bonds is 4. The van der Waals surface area contributed by atoms with E-state index in [0.717, 1.165) is 15.4 Å². The normalized spacial score (nSPS) is 16.2. The Hall–Kier alpha value is -2.64. The number of para-hydroxylation sites is 1. The lowest BCUT2D eigenvalue weighted by atomic mass is 10.1. The Morgan fingerprint density at radius 2 is 1.92 bits per heavy atom. The number of hydroxylamine groups is 2. The first-order valence-corrected chi connectivity index (χ1v) is 8.82. The van der Waals surface area contributed by atoms with Crippen molar-refractivity contribution >= 4 is 38.8 Å². The number of amides is 1. The van der Waals surface area contributed by atoms with Crippen molar-refractivity contribution in [1.29, 1.82) is 0 Å². The third-order valence-corrected chi connectivity index (χ3v) is 4.82. The Kier molecular flexibility index (Phi) is 4.26. The van der Waals surface area contributed by atoms with Crippen molar-refractivity contribution in [2.45, 2.75) is 12.5 Å². The first-order chi connectivity index (χ1) is 12.6. The molecule has 132 valence electrons. The molecule has 0 bridgehead atoms. The summed E-state index contributed by atoms with van der Waals surface area (Å²) in [6.07, 6.45) is -0.00797. The van der Waals surface area contributed by atoms with Crippen LogP contribution in [0.5, 0.6) is 5.75 Å². The van der Waals surface area contributed by atoms with Crippen LogP contribution in [0.4, 0.5) is 4.79 Å². The van der Waals surface area contributed by atoms with Gasteiger partial charge in [-0.1, -0.05) is 40.2 Å². The van der Waals surface area contributed by atoms with Crippen LogP contribution >= 0.6 is 15.9 Å². The highest BCUT2D eigenvalue weighted by molar-refractivity contribution is 9.10. The monoisotopic (exact) mass is 414 g/mol. The molecular formula is C19H15BrN2O4. The van der Waals surface area contributed by atoms with Gasteiger partial charge in [0, 0.05) is 9.86 Å². The predicted molar refractivity (Wildman–Crippen MR) is 98.7 cm³/mol. The zero-order chi connectivity index (χ0) is 18.3. The minimum atomic E-state index is -0.546. The molecular weight excluding hydrogens is 400 g/mol. The fourth-order valence-corrected chi connectivity index (χ4v) is 3.57. The van der Waals surface area contributed by atoms with E-state index in [0.29, 0.717) is 11.4 Å². The van der Waals surface area contributed by atoms with E-state index in [4.69, 9.17) is 9.57 Å². The van der Waals surface area contributed by atoms with E-state index in [9.17, 15) is 9.59 Å². The van der Waals surface area contributed by atoms with Crippen LogP contribution in [-0.2, 0) is 9.63 Å². The minimum Gasteiger partial charge on any atom is -0.426 e. The molecule has 1 aliphatic heterocycles. The summed E-state index contributed by atoms with van der Waals surface area (Å²) in [5, 5.41) is 2.13. The largest absolute Gasteiger partial charge is 0.426 e. The van der Waals surface area contributed by atoms with Crippen molar-refractivity contribution in [3.8, 4) is 5.75 Å². The van der Waals surface area contributed by atoms with Crippen molar-refractivity contribution in [3.05, 3.63) is 64.8 Å². The number of hydrogen-bond acceptors (Lipinski definition) is 4. The third-order valence-electron chi connectivity index (χ3n) is 4.33. The molecule has 26 heavy (non-hydrogen) atoms. The molecule has 1 unspecified atom stereocenters. The number of carbonyl (C=O) groups excluding carboxylic acids is 2. The molecule has 1 aliphatic rings. The lowest BCUT2D eigenvalue weighted by molar-refractivity contribution is -0.143. The first-order valence-electron chi connectivity index (χ1n) is 8.03. The van der Waals surface area contributed by atoms with E-state index in [1.54, 1.807) is 28.8 Å². The number of hydrogen-bond donors (Lipinski definition) is 0. The maximum Gasteiger partial charge on any atom is 0.353 e. The standard InChI is InChI=1S/C19H15BrN2O4/c1-25-22-17(11-18(23)26-14-5-3-2-4-6-14)16-9-12-7-8-13(20)10-15(12)21(16)19(22)24/h2-10,17H,11H2,1H3. The van der Waals surface area contributed by atoms with Gasteiger partial charge in [0.25, 0.3) is 0 Å². The number of fused-ring (bicyclic) bond motifs is 3. The summed E-state index contributed by atoms with van der Waals surface area (Å²) in [7, 11) is 1.41. The number of nitrogens with zero attached hydrogens (tertiary/aromatic N) is 2. The molecule has 0 saturated carbocycles. The summed E-state index contributed by atoms with van der Waals surface area (Å²) in [5.74, 6) is 0.0335. The van der Waals surface area contributed by atoms with Gasteiger partial charge in [0.1, 0.15) is 11.8 Å². The molecule has 0 fully saturated rings. The van der Waals surface area contributed by atoms with Gasteiger partial charge < -0.3 is 4.74 Å². The van der Waals surface area contributed by atoms with Gasteiger partial charge in [-0.25, -0.2) is 4.79 Å². The van der Waals surface area contributed by atoms with Crippen molar-refractivity contribution < 1.29 is 19.2 Å². The molecule has 1 atom stereocenters. The van der Waals surface area contributed by atoms with Gasteiger partial charge in [-0.05, 0) is 30.3 Å². The molecule has 1 amide bonds. The SMILES string of the molecule is CON1C(=O)n2c(cc3ccc(Br)cc32)C1CC(=O)Oc1ccccc1. The smallest absolute Gasteiger partial charge is 0.353 e. The highest BCUT2D eigenvalue weighted by Crippen LogP contribution is 2.37. The number of carbonyl (C=O) groups is 2. The second-order valence-corrected chi connectivity index (χ2v) is 6.82. The summed E-state index contributed by atoms with van der Waals surface area (Å²) in [5.41, 5.74) is 1.47. The van der Waals surface area contributed by atoms with Crippen LogP contribution in [-0.4, -0.2) is 28.7 Å². The van der Waals surface area contributed by atoms with E-state index in [2.05, 4.69) is 15.9 Å². The van der Waals surface area contributed by atoms with Crippen LogP contribution in [0.15, 0.2) is 59.1 Å². The predicted octanol–water partition coefficient (Wildman–Crippen LogP) is 4.29. The van der Waals surface area contributed by atoms with Gasteiger partial charge in [-0.15, -0.1) is 0 Å². The maximum absolute atomic E-state index is 12.8. The maximum atomic E-state index is 12.8. The van der Waals surface area contributed by atoms with Crippen LogP contribution in [0.1, 0.15) is 18.2 Å². The Balaban J connectivity index is 1.67. The lowest BCUT2D eigenvalue weighted by Crippen LogP contribution is -2.30. The van der Waals surface area contributed by atoms with E-state index in [-0.39, 0.29) is 12.5 Å². The van der Waals surface area contributed by atoms with Crippen LogP contribution in [0, 0.1) is 0 Å². The Morgan fingerprint density at radius 3 is 2.65 bits per heavy atom. The van der Waals surface area contributed by atoms with Crippen LogP contribution in [0.3, 0.4) is 0 Å². The zero-order valence-corrected chi connectivity index (χ0v) is 15.5. The minimum absolute atomic E-state index is 0.00797. The third kappa shape index (κ3) is 2.79. The quantitative estimate of drug-likeness (QED) is 0.471. The average Bonchev–Trinajstić information content (AvgIpc) is 3.11. The fraction of sp³-hybridized carbons (Fsp3) is 0.158. The van der Waals surface area contributed by atoms with Gasteiger partial charge >= 0.3 is 12.0 Å². The number of benzene rings is 2. The molecule has 4 rings (SSSR count). The van der Waals surface area contributed by atoms with E-state index in [1.807, 2.05) is 30.3 Å². The Labute approximate surface area is 158 Å². The van der Waals surface area contributed by atoms with Gasteiger partial charge in [0.2, 0.25) is 0 Å². The lowest BCUT2D eigenvalue weighted by Gasteiger charge is -2.20. The number of ether oxygens (including phenoxy) is 1. The van der Waals surface area contributed by atoms with E-state index in [1.165, 1.54) is 12.2 Å². The van der Waals surface area contributed by atoms with Crippen molar-refractivity contribution in [2.24, 2.45) is 0 Å². The summed E-state index contributed by atoms with van der Waals surface area (Å²) in [6.45, 7) is 0. The van der Waals surface area contributed by atoms with Crippen LogP contribution in [0.2, 0.25) is 0 Å². The van der Waals surface area contributed by atoms with Crippen LogP contribution < -0.4 is 4.74 Å². The van der Waals surface area contributed by atoms with Crippen molar-refractivity contribution in [1.82, 2.24) is 9.63 Å². The Bertz CT molecular complexity index is 999. The Morgan fingerprint density at radius 1 is 1.15 bits per heavy atom. The average molecular weight is 415 g/mol. The van der Waals surface area contributed by atoms with Crippen LogP contribution in [0.25, 0.3) is 10.9 Å². The summed E-state index contributed by atoms with van der Waals surface area (Å²) in [4.78, 5) is 30.4. The molecule has 0 N–H and O–H groups in total. The van der Waals surface area contributed by atoms with Gasteiger partial charge in [-0.2, -0.15) is 5.06 Å². The number of aromatic nitrogens is 1. The number of esters is 1. The molecule has 0 spiro atoms. The zero-order valence-electron chi connectivity index (χ0n) is 13.9. The topological polar surface area (TPSA) is 60.8 Å². The van der Waals surface area contributed by atoms with E-state index >= 15 is 0 Å².